The molecule has 0 aromatic carbocycles. The lowest BCUT2D eigenvalue weighted by atomic mass is 10.1. The van der Waals surface area contributed by atoms with Gasteiger partial charge in [-0.2, -0.15) is 12.6 Å². The number of carbonyl (C=O) groups is 1. The fraction of sp³-hybridized carbons (Fsp3) is 0.909. The van der Waals surface area contributed by atoms with E-state index in [2.05, 4.69) is 12.6 Å². The maximum Gasteiger partial charge on any atom is 0.223 e. The van der Waals surface area contributed by atoms with Crippen LogP contribution in [0.4, 0.5) is 0 Å². The predicted octanol–water partition coefficient (Wildman–Crippen LogP) is 1.16. The minimum Gasteiger partial charge on any atom is -0.351 e. The Balaban J connectivity index is 2.41. The number of thiol groups is 1. The Labute approximate surface area is 103 Å². The van der Waals surface area contributed by atoms with Crippen LogP contribution in [0.1, 0.15) is 20.3 Å². The molecule has 94 valence electrons. The summed E-state index contributed by atoms with van der Waals surface area (Å²) in [5.74, 6) is 1.32. The molecular formula is C11H21NO3S. The number of ether oxygens (including phenoxy) is 2. The van der Waals surface area contributed by atoms with Crippen molar-refractivity contribution >= 4 is 18.5 Å². The number of hydrogen-bond acceptors (Lipinski definition) is 4. The van der Waals surface area contributed by atoms with E-state index in [0.29, 0.717) is 32.1 Å². The van der Waals surface area contributed by atoms with Gasteiger partial charge in [0.2, 0.25) is 5.91 Å². The van der Waals surface area contributed by atoms with Gasteiger partial charge in [0.25, 0.3) is 0 Å². The molecule has 0 aromatic heterocycles. The average Bonchev–Trinajstić information content (AvgIpc) is 2.60. The van der Waals surface area contributed by atoms with Crippen LogP contribution in [-0.4, -0.2) is 49.2 Å². The van der Waals surface area contributed by atoms with Gasteiger partial charge >= 0.3 is 0 Å². The van der Waals surface area contributed by atoms with Crippen LogP contribution in [-0.2, 0) is 14.3 Å². The van der Waals surface area contributed by atoms with Gasteiger partial charge in [0.15, 0.2) is 6.29 Å². The van der Waals surface area contributed by atoms with E-state index in [1.54, 1.807) is 0 Å². The third-order valence-corrected chi connectivity index (χ3v) is 3.14. The molecule has 0 aliphatic carbocycles. The summed E-state index contributed by atoms with van der Waals surface area (Å²) in [6.45, 7) is 6.36. The first-order valence-corrected chi connectivity index (χ1v) is 6.46. The standard InChI is InChI=1S/C11H21NO3S/c1-3-14-11(15-4-2)7-12-6-9(8-16)5-10(12)13/h9,11,16H,3-8H2,1-2H3. The third kappa shape index (κ3) is 3.96. The van der Waals surface area contributed by atoms with Crippen molar-refractivity contribution in [2.45, 2.75) is 26.6 Å². The molecule has 0 N–H and O–H groups in total. The zero-order chi connectivity index (χ0) is 12.0. The number of likely N-dealkylation sites (tertiary alicyclic amines) is 1. The van der Waals surface area contributed by atoms with Gasteiger partial charge in [-0.05, 0) is 25.5 Å². The molecule has 1 aliphatic rings. The van der Waals surface area contributed by atoms with Crippen molar-refractivity contribution in [2.24, 2.45) is 5.92 Å². The number of hydrogen-bond donors (Lipinski definition) is 1. The minimum atomic E-state index is -0.294. The van der Waals surface area contributed by atoms with E-state index in [0.717, 1.165) is 12.3 Å². The molecule has 5 heteroatoms. The molecule has 1 fully saturated rings. The van der Waals surface area contributed by atoms with Crippen molar-refractivity contribution in [2.75, 3.05) is 32.1 Å². The Kier molecular flexibility index (Phi) is 6.16. The molecule has 4 nitrogen and oxygen atoms in total. The first-order valence-electron chi connectivity index (χ1n) is 5.83. The Morgan fingerprint density at radius 2 is 2.06 bits per heavy atom. The maximum atomic E-state index is 11.7. The summed E-state index contributed by atoms with van der Waals surface area (Å²) in [5, 5.41) is 0. The summed E-state index contributed by atoms with van der Waals surface area (Å²) in [6.07, 6.45) is 0.312. The highest BCUT2D eigenvalue weighted by Crippen LogP contribution is 2.19. The normalized spacial score (nSPS) is 21.1. The molecule has 1 unspecified atom stereocenters. The monoisotopic (exact) mass is 247 g/mol. The SMILES string of the molecule is CCOC(CN1CC(CS)CC1=O)OCC. The highest BCUT2D eigenvalue weighted by atomic mass is 32.1. The van der Waals surface area contributed by atoms with Crippen LogP contribution in [0.25, 0.3) is 0 Å². The quantitative estimate of drug-likeness (QED) is 0.542. The van der Waals surface area contributed by atoms with E-state index < -0.39 is 0 Å². The molecule has 0 radical (unpaired) electrons. The molecule has 1 saturated heterocycles. The first kappa shape index (κ1) is 13.8. The van der Waals surface area contributed by atoms with Crippen molar-refractivity contribution in [3.05, 3.63) is 0 Å². The first-order chi connectivity index (χ1) is 7.71. The van der Waals surface area contributed by atoms with Crippen LogP contribution >= 0.6 is 12.6 Å². The Hall–Kier alpha value is -0.260. The van der Waals surface area contributed by atoms with Gasteiger partial charge in [-0.3, -0.25) is 4.79 Å². The maximum absolute atomic E-state index is 11.7. The lowest BCUT2D eigenvalue weighted by Crippen LogP contribution is -2.36. The molecule has 1 rings (SSSR count). The topological polar surface area (TPSA) is 38.8 Å². The van der Waals surface area contributed by atoms with Crippen LogP contribution in [0.15, 0.2) is 0 Å². The number of nitrogens with zero attached hydrogens (tertiary/aromatic N) is 1. The summed E-state index contributed by atoms with van der Waals surface area (Å²) < 4.78 is 10.9. The van der Waals surface area contributed by atoms with E-state index in [4.69, 9.17) is 9.47 Å². The zero-order valence-corrected chi connectivity index (χ0v) is 10.9. The van der Waals surface area contributed by atoms with E-state index in [1.165, 1.54) is 0 Å². The average molecular weight is 247 g/mol. The summed E-state index contributed by atoms with van der Waals surface area (Å²) >= 11 is 4.23. The van der Waals surface area contributed by atoms with Crippen molar-refractivity contribution in [3.8, 4) is 0 Å². The number of rotatable bonds is 7. The van der Waals surface area contributed by atoms with E-state index in [-0.39, 0.29) is 12.2 Å². The van der Waals surface area contributed by atoms with Crippen LogP contribution in [0, 0.1) is 5.92 Å². The molecule has 1 aliphatic heterocycles. The molecule has 0 bridgehead atoms. The minimum absolute atomic E-state index is 0.184. The molecule has 0 spiro atoms. The zero-order valence-electron chi connectivity index (χ0n) is 10.0. The smallest absolute Gasteiger partial charge is 0.223 e. The van der Waals surface area contributed by atoms with Crippen molar-refractivity contribution in [3.63, 3.8) is 0 Å². The third-order valence-electron chi connectivity index (χ3n) is 2.63. The summed E-state index contributed by atoms with van der Waals surface area (Å²) in [4.78, 5) is 13.5. The highest BCUT2D eigenvalue weighted by molar-refractivity contribution is 7.80. The van der Waals surface area contributed by atoms with Crippen LogP contribution < -0.4 is 0 Å². The summed E-state index contributed by atoms with van der Waals surface area (Å²) in [6, 6.07) is 0. The molecule has 1 amide bonds. The Morgan fingerprint density at radius 3 is 2.50 bits per heavy atom. The lowest BCUT2D eigenvalue weighted by Gasteiger charge is -2.23. The van der Waals surface area contributed by atoms with Gasteiger partial charge in [-0.1, -0.05) is 0 Å². The summed E-state index contributed by atoms with van der Waals surface area (Å²) in [5.41, 5.74) is 0. The van der Waals surface area contributed by atoms with Crippen molar-refractivity contribution < 1.29 is 14.3 Å². The Morgan fingerprint density at radius 1 is 1.44 bits per heavy atom. The van der Waals surface area contributed by atoms with Gasteiger partial charge in [0.1, 0.15) is 0 Å². The molecule has 1 atom stereocenters. The van der Waals surface area contributed by atoms with Crippen LogP contribution in [0.3, 0.4) is 0 Å². The highest BCUT2D eigenvalue weighted by Gasteiger charge is 2.30. The van der Waals surface area contributed by atoms with E-state index >= 15 is 0 Å². The van der Waals surface area contributed by atoms with Gasteiger partial charge in [0, 0.05) is 26.2 Å². The molecule has 16 heavy (non-hydrogen) atoms. The van der Waals surface area contributed by atoms with Gasteiger partial charge in [-0.25, -0.2) is 0 Å². The van der Waals surface area contributed by atoms with Crippen LogP contribution in [0.5, 0.6) is 0 Å². The second-order valence-corrected chi connectivity index (χ2v) is 4.26. The fourth-order valence-electron chi connectivity index (χ4n) is 1.86. The molecular weight excluding hydrogens is 226 g/mol. The second-order valence-electron chi connectivity index (χ2n) is 3.89. The Bertz CT molecular complexity index is 219. The second kappa shape index (κ2) is 7.14. The largest absolute Gasteiger partial charge is 0.351 e. The summed E-state index contributed by atoms with van der Waals surface area (Å²) in [7, 11) is 0. The van der Waals surface area contributed by atoms with E-state index in [1.807, 2.05) is 18.7 Å². The van der Waals surface area contributed by atoms with E-state index in [9.17, 15) is 4.79 Å². The van der Waals surface area contributed by atoms with Crippen molar-refractivity contribution in [1.82, 2.24) is 4.90 Å². The van der Waals surface area contributed by atoms with Crippen molar-refractivity contribution in [1.29, 1.82) is 0 Å². The van der Waals surface area contributed by atoms with Gasteiger partial charge < -0.3 is 14.4 Å². The van der Waals surface area contributed by atoms with Crippen LogP contribution in [0.2, 0.25) is 0 Å². The predicted molar refractivity (Wildman–Crippen MR) is 65.6 cm³/mol. The number of amides is 1. The van der Waals surface area contributed by atoms with Gasteiger partial charge in [0.05, 0.1) is 6.54 Å². The lowest BCUT2D eigenvalue weighted by molar-refractivity contribution is -0.155. The number of carbonyl (C=O) groups excluding carboxylic acids is 1. The molecule has 0 saturated carbocycles. The van der Waals surface area contributed by atoms with Gasteiger partial charge in [-0.15, -0.1) is 0 Å². The molecule has 0 aromatic rings. The fourth-order valence-corrected chi connectivity index (χ4v) is 2.10. The molecule has 1 heterocycles.